The Hall–Kier alpha value is -2.50. The maximum absolute atomic E-state index is 14.1. The lowest BCUT2D eigenvalue weighted by atomic mass is 10.1. The second-order valence-electron chi connectivity index (χ2n) is 5.01. The molecule has 22 heavy (non-hydrogen) atoms. The molecule has 0 amide bonds. The smallest absolute Gasteiger partial charge is 0.197 e. The summed E-state index contributed by atoms with van der Waals surface area (Å²) in [6.45, 7) is 0.829. The maximum Gasteiger partial charge on any atom is 0.197 e. The molecule has 0 aromatic heterocycles. The zero-order valence-corrected chi connectivity index (χ0v) is 11.5. The molecule has 0 N–H and O–H groups in total. The van der Waals surface area contributed by atoms with Gasteiger partial charge in [-0.05, 0) is 24.3 Å². The molecule has 1 unspecified atom stereocenters. The zero-order chi connectivity index (χ0) is 15.1. The molecule has 114 valence electrons. The van der Waals surface area contributed by atoms with Gasteiger partial charge in [-0.25, -0.2) is 8.78 Å². The summed E-state index contributed by atoms with van der Waals surface area (Å²) < 4.78 is 49.6. The van der Waals surface area contributed by atoms with Crippen molar-refractivity contribution in [2.75, 3.05) is 19.8 Å². The third-order valence-corrected chi connectivity index (χ3v) is 3.57. The normalized spacial score (nSPS) is 18.9. The third-order valence-electron chi connectivity index (χ3n) is 3.57. The summed E-state index contributed by atoms with van der Waals surface area (Å²) in [6, 6.07) is 7.39. The highest BCUT2D eigenvalue weighted by atomic mass is 19.1. The predicted octanol–water partition coefficient (Wildman–Crippen LogP) is 3.25. The van der Waals surface area contributed by atoms with Gasteiger partial charge in [0.25, 0.3) is 0 Å². The molecular weight excluding hydrogens is 294 g/mol. The number of halogens is 2. The van der Waals surface area contributed by atoms with Gasteiger partial charge >= 0.3 is 0 Å². The number of hydrogen-bond donors (Lipinski definition) is 0. The lowest BCUT2D eigenvalue weighted by molar-refractivity contribution is 0.0847. The first kappa shape index (κ1) is 13.2. The molecule has 0 radical (unpaired) electrons. The minimum absolute atomic E-state index is 0.0362. The monoisotopic (exact) mass is 306 g/mol. The molecule has 0 saturated carbocycles. The number of para-hydroxylation sites is 1. The van der Waals surface area contributed by atoms with Crippen molar-refractivity contribution in [3.63, 3.8) is 0 Å². The molecule has 4 nitrogen and oxygen atoms in total. The third kappa shape index (κ3) is 2.11. The number of fused-ring (bicyclic) bond motifs is 2. The van der Waals surface area contributed by atoms with Crippen LogP contribution in [-0.2, 0) is 0 Å². The Kier molecular flexibility index (Phi) is 3.03. The molecule has 6 heteroatoms. The molecule has 0 spiro atoms. The van der Waals surface area contributed by atoms with E-state index in [9.17, 15) is 8.78 Å². The van der Waals surface area contributed by atoms with Crippen LogP contribution in [0.3, 0.4) is 0 Å². The second-order valence-corrected chi connectivity index (χ2v) is 5.01. The first-order valence-electron chi connectivity index (χ1n) is 6.89. The number of ether oxygens (including phenoxy) is 4. The van der Waals surface area contributed by atoms with Crippen LogP contribution in [0.5, 0.6) is 23.0 Å². The highest BCUT2D eigenvalue weighted by Gasteiger charge is 2.28. The maximum atomic E-state index is 14.1. The molecule has 2 aliphatic rings. The summed E-state index contributed by atoms with van der Waals surface area (Å²) in [4.78, 5) is 0. The molecule has 1 atom stereocenters. The topological polar surface area (TPSA) is 36.9 Å². The van der Waals surface area contributed by atoms with Gasteiger partial charge in [0.05, 0.1) is 0 Å². The van der Waals surface area contributed by atoms with E-state index in [1.807, 2.05) is 0 Å². The molecule has 0 bridgehead atoms. The van der Waals surface area contributed by atoms with Gasteiger partial charge in [0, 0.05) is 5.56 Å². The van der Waals surface area contributed by atoms with Crippen molar-refractivity contribution in [1.29, 1.82) is 0 Å². The summed E-state index contributed by atoms with van der Waals surface area (Å²) in [5.74, 6) is -0.249. The van der Waals surface area contributed by atoms with Crippen LogP contribution in [-0.4, -0.2) is 19.8 Å². The average molecular weight is 306 g/mol. The summed E-state index contributed by atoms with van der Waals surface area (Å²) in [5, 5.41) is 0. The minimum atomic E-state index is -0.616. The highest BCUT2D eigenvalue weighted by molar-refractivity contribution is 5.47. The van der Waals surface area contributed by atoms with Crippen molar-refractivity contribution in [2.45, 2.75) is 6.10 Å². The number of hydrogen-bond acceptors (Lipinski definition) is 4. The van der Waals surface area contributed by atoms with E-state index in [2.05, 4.69) is 0 Å². The van der Waals surface area contributed by atoms with Crippen LogP contribution in [0.15, 0.2) is 30.3 Å². The van der Waals surface area contributed by atoms with Crippen molar-refractivity contribution in [3.05, 3.63) is 47.5 Å². The average Bonchev–Trinajstić information content (AvgIpc) is 2.55. The number of benzene rings is 2. The van der Waals surface area contributed by atoms with E-state index in [4.69, 9.17) is 18.9 Å². The fourth-order valence-electron chi connectivity index (χ4n) is 2.54. The molecule has 2 heterocycles. The zero-order valence-electron chi connectivity index (χ0n) is 11.5. The fraction of sp³-hybridized carbons (Fsp3) is 0.250. The van der Waals surface area contributed by atoms with Gasteiger partial charge in [0.2, 0.25) is 0 Å². The van der Waals surface area contributed by atoms with Crippen LogP contribution in [0.4, 0.5) is 8.78 Å². The van der Waals surface area contributed by atoms with Crippen LogP contribution in [0.1, 0.15) is 11.7 Å². The lowest BCUT2D eigenvalue weighted by Crippen LogP contribution is -2.23. The second kappa shape index (κ2) is 5.05. The molecule has 2 aliphatic heterocycles. The summed E-state index contributed by atoms with van der Waals surface area (Å²) in [5.41, 5.74) is 0.510. The molecule has 2 aromatic rings. The Bertz CT molecular complexity index is 732. The summed E-state index contributed by atoms with van der Waals surface area (Å²) in [6.07, 6.45) is -0.616. The van der Waals surface area contributed by atoms with Gasteiger partial charge in [-0.1, -0.05) is 6.07 Å². The van der Waals surface area contributed by atoms with Crippen molar-refractivity contribution in [1.82, 2.24) is 0 Å². The van der Waals surface area contributed by atoms with E-state index in [-0.39, 0.29) is 18.1 Å². The van der Waals surface area contributed by atoms with Crippen LogP contribution in [0.2, 0.25) is 0 Å². The quantitative estimate of drug-likeness (QED) is 0.810. The van der Waals surface area contributed by atoms with Gasteiger partial charge in [0.15, 0.2) is 40.7 Å². The van der Waals surface area contributed by atoms with E-state index in [0.29, 0.717) is 30.3 Å². The standard InChI is InChI=1S/C16H12F2O4/c17-10-2-1-3-12-16(10)22-14(8-21-12)9-6-11(18)15-13(7-9)19-4-5-20-15/h1-3,6-7,14H,4-5,8H2. The summed E-state index contributed by atoms with van der Waals surface area (Å²) in [7, 11) is 0. The van der Waals surface area contributed by atoms with Gasteiger partial charge in [-0.2, -0.15) is 0 Å². The Balaban J connectivity index is 1.69. The Morgan fingerprint density at radius 3 is 2.64 bits per heavy atom. The van der Waals surface area contributed by atoms with Crippen LogP contribution >= 0.6 is 0 Å². The number of rotatable bonds is 1. The Morgan fingerprint density at radius 1 is 0.864 bits per heavy atom. The molecular formula is C16H12F2O4. The molecule has 2 aromatic carbocycles. The van der Waals surface area contributed by atoms with Crippen molar-refractivity contribution in [2.24, 2.45) is 0 Å². The van der Waals surface area contributed by atoms with Crippen molar-refractivity contribution >= 4 is 0 Å². The van der Waals surface area contributed by atoms with Gasteiger partial charge in [0.1, 0.15) is 19.8 Å². The fourth-order valence-corrected chi connectivity index (χ4v) is 2.54. The minimum Gasteiger partial charge on any atom is -0.486 e. The van der Waals surface area contributed by atoms with Gasteiger partial charge < -0.3 is 18.9 Å². The van der Waals surface area contributed by atoms with E-state index in [1.165, 1.54) is 12.1 Å². The summed E-state index contributed by atoms with van der Waals surface area (Å²) >= 11 is 0. The van der Waals surface area contributed by atoms with Crippen molar-refractivity contribution < 1.29 is 27.7 Å². The Morgan fingerprint density at radius 2 is 1.73 bits per heavy atom. The highest BCUT2D eigenvalue weighted by Crippen LogP contribution is 2.41. The van der Waals surface area contributed by atoms with Crippen LogP contribution in [0.25, 0.3) is 0 Å². The SMILES string of the molecule is Fc1cc(C2COc3cccc(F)c3O2)cc2c1OCCO2. The van der Waals surface area contributed by atoms with E-state index >= 15 is 0 Å². The van der Waals surface area contributed by atoms with Crippen LogP contribution in [0, 0.1) is 11.6 Å². The first-order chi connectivity index (χ1) is 10.7. The largest absolute Gasteiger partial charge is 0.486 e. The van der Waals surface area contributed by atoms with E-state index < -0.39 is 17.7 Å². The Labute approximate surface area is 125 Å². The van der Waals surface area contributed by atoms with Gasteiger partial charge in [-0.3, -0.25) is 0 Å². The van der Waals surface area contributed by atoms with E-state index in [0.717, 1.165) is 0 Å². The first-order valence-corrected chi connectivity index (χ1v) is 6.89. The molecule has 4 rings (SSSR count). The molecule has 0 fully saturated rings. The molecule has 0 aliphatic carbocycles. The molecule has 0 saturated heterocycles. The van der Waals surface area contributed by atoms with Gasteiger partial charge in [-0.15, -0.1) is 0 Å². The van der Waals surface area contributed by atoms with Crippen LogP contribution < -0.4 is 18.9 Å². The predicted molar refractivity (Wildman–Crippen MR) is 72.7 cm³/mol. The lowest BCUT2D eigenvalue weighted by Gasteiger charge is -2.28. The van der Waals surface area contributed by atoms with E-state index in [1.54, 1.807) is 18.2 Å². The van der Waals surface area contributed by atoms with Crippen molar-refractivity contribution in [3.8, 4) is 23.0 Å².